The smallest absolute Gasteiger partial charge is 0.251 e. The van der Waals surface area contributed by atoms with E-state index in [4.69, 9.17) is 4.74 Å². The number of hydrogen-bond acceptors (Lipinski definition) is 5. The molecule has 3 heterocycles. The number of anilines is 2. The number of benzene rings is 1. The highest BCUT2D eigenvalue weighted by Crippen LogP contribution is 2.33. The van der Waals surface area contributed by atoms with E-state index in [0.29, 0.717) is 12.1 Å². The van der Waals surface area contributed by atoms with E-state index in [1.54, 1.807) is 12.3 Å². The Morgan fingerprint density at radius 3 is 2.88 bits per heavy atom. The van der Waals surface area contributed by atoms with Gasteiger partial charge < -0.3 is 15.0 Å². The summed E-state index contributed by atoms with van der Waals surface area (Å²) in [5.41, 5.74) is 3.17. The fourth-order valence-corrected chi connectivity index (χ4v) is 3.54. The first-order valence-corrected chi connectivity index (χ1v) is 9.21. The second-order valence-electron chi connectivity index (χ2n) is 6.64. The highest BCUT2D eigenvalue weighted by atomic mass is 16.5. The molecule has 2 aromatic rings. The molecule has 1 aromatic carbocycles. The minimum absolute atomic E-state index is 0.0469. The molecule has 1 fully saturated rings. The van der Waals surface area contributed by atoms with Crippen LogP contribution >= 0.6 is 0 Å². The Hall–Kier alpha value is -2.44. The van der Waals surface area contributed by atoms with Crippen LogP contribution in [-0.2, 0) is 11.2 Å². The minimum atomic E-state index is -0.0469. The number of nitrogens with one attached hydrogen (secondary N) is 1. The van der Waals surface area contributed by atoms with Gasteiger partial charge in [-0.3, -0.25) is 9.69 Å². The number of ether oxygens (including phenoxy) is 1. The van der Waals surface area contributed by atoms with E-state index < -0.39 is 0 Å². The highest BCUT2D eigenvalue weighted by molar-refractivity contribution is 5.95. The number of amides is 1. The summed E-state index contributed by atoms with van der Waals surface area (Å²) in [4.78, 5) is 21.5. The van der Waals surface area contributed by atoms with Gasteiger partial charge in [0.05, 0.1) is 13.2 Å². The van der Waals surface area contributed by atoms with Gasteiger partial charge in [-0.25, -0.2) is 4.98 Å². The van der Waals surface area contributed by atoms with Crippen molar-refractivity contribution in [3.8, 4) is 0 Å². The molecule has 0 atom stereocenters. The lowest BCUT2D eigenvalue weighted by Gasteiger charge is -2.26. The summed E-state index contributed by atoms with van der Waals surface area (Å²) >= 11 is 0. The predicted molar refractivity (Wildman–Crippen MR) is 101 cm³/mol. The summed E-state index contributed by atoms with van der Waals surface area (Å²) in [6.07, 6.45) is 2.72. The number of hydrogen-bond donors (Lipinski definition) is 1. The van der Waals surface area contributed by atoms with Gasteiger partial charge in [-0.2, -0.15) is 0 Å². The maximum Gasteiger partial charge on any atom is 0.251 e. The van der Waals surface area contributed by atoms with Crippen LogP contribution in [0.1, 0.15) is 15.9 Å². The van der Waals surface area contributed by atoms with E-state index in [1.165, 1.54) is 11.3 Å². The van der Waals surface area contributed by atoms with Gasteiger partial charge in [0.1, 0.15) is 5.82 Å². The van der Waals surface area contributed by atoms with Crippen molar-refractivity contribution in [3.05, 3.63) is 53.7 Å². The molecule has 2 aliphatic rings. The average Bonchev–Trinajstić information content (AvgIpc) is 3.13. The molecule has 0 aliphatic carbocycles. The van der Waals surface area contributed by atoms with Gasteiger partial charge in [-0.15, -0.1) is 0 Å². The van der Waals surface area contributed by atoms with Gasteiger partial charge in [0.25, 0.3) is 5.91 Å². The zero-order chi connectivity index (χ0) is 17.8. The Balaban J connectivity index is 1.39. The molecular weight excluding hydrogens is 328 g/mol. The summed E-state index contributed by atoms with van der Waals surface area (Å²) in [5.74, 6) is 0.783. The van der Waals surface area contributed by atoms with Crippen LogP contribution in [0.2, 0.25) is 0 Å². The standard InChI is InChI=1S/C20H24N4O2/c25-20(22-8-10-23-11-13-26-14-12-23)17-5-7-21-19(15-17)24-9-6-16-3-1-2-4-18(16)24/h1-5,7,15H,6,8-14H2,(H,22,25). The summed E-state index contributed by atoms with van der Waals surface area (Å²) < 4.78 is 5.34. The van der Waals surface area contributed by atoms with Gasteiger partial charge in [-0.1, -0.05) is 18.2 Å². The lowest BCUT2D eigenvalue weighted by atomic mass is 10.2. The van der Waals surface area contributed by atoms with Crippen molar-refractivity contribution >= 4 is 17.4 Å². The molecule has 6 heteroatoms. The zero-order valence-corrected chi connectivity index (χ0v) is 14.9. The Labute approximate surface area is 153 Å². The topological polar surface area (TPSA) is 57.7 Å². The number of aromatic nitrogens is 1. The van der Waals surface area contributed by atoms with Crippen LogP contribution in [-0.4, -0.2) is 61.7 Å². The first-order chi connectivity index (χ1) is 12.8. The largest absolute Gasteiger partial charge is 0.379 e. The maximum atomic E-state index is 12.5. The normalized spacial score (nSPS) is 17.2. The van der Waals surface area contributed by atoms with Crippen LogP contribution in [0.3, 0.4) is 0 Å². The fraction of sp³-hybridized carbons (Fsp3) is 0.400. The second-order valence-corrected chi connectivity index (χ2v) is 6.64. The zero-order valence-electron chi connectivity index (χ0n) is 14.9. The number of carbonyl (C=O) groups excluding carboxylic acids is 1. The molecule has 1 aromatic heterocycles. The molecule has 0 unspecified atom stereocenters. The van der Waals surface area contributed by atoms with E-state index >= 15 is 0 Å². The molecule has 26 heavy (non-hydrogen) atoms. The lowest BCUT2D eigenvalue weighted by molar-refractivity contribution is 0.0383. The molecule has 0 spiro atoms. The molecule has 4 rings (SSSR count). The van der Waals surface area contributed by atoms with E-state index in [0.717, 1.165) is 51.6 Å². The third kappa shape index (κ3) is 3.71. The van der Waals surface area contributed by atoms with Crippen molar-refractivity contribution in [2.75, 3.05) is 50.8 Å². The number of pyridine rings is 1. The molecule has 1 amide bonds. The van der Waals surface area contributed by atoms with Crippen molar-refractivity contribution in [1.29, 1.82) is 0 Å². The predicted octanol–water partition coefficient (Wildman–Crippen LogP) is 1.84. The molecule has 2 aliphatic heterocycles. The van der Waals surface area contributed by atoms with Gasteiger partial charge >= 0.3 is 0 Å². The number of para-hydroxylation sites is 1. The van der Waals surface area contributed by atoms with E-state index in [9.17, 15) is 4.79 Å². The quantitative estimate of drug-likeness (QED) is 0.890. The average molecular weight is 352 g/mol. The number of rotatable bonds is 5. The van der Waals surface area contributed by atoms with Gasteiger partial charge in [0.15, 0.2) is 0 Å². The first kappa shape index (κ1) is 17.0. The number of morpholine rings is 1. The molecule has 1 N–H and O–H groups in total. The summed E-state index contributed by atoms with van der Waals surface area (Å²) in [6, 6.07) is 12.0. The van der Waals surface area contributed by atoms with Crippen LogP contribution in [0.25, 0.3) is 0 Å². The third-order valence-electron chi connectivity index (χ3n) is 4.99. The molecule has 0 radical (unpaired) electrons. The van der Waals surface area contributed by atoms with Crippen molar-refractivity contribution in [1.82, 2.24) is 15.2 Å². The van der Waals surface area contributed by atoms with Crippen molar-refractivity contribution < 1.29 is 9.53 Å². The minimum Gasteiger partial charge on any atom is -0.379 e. The maximum absolute atomic E-state index is 12.5. The molecule has 0 saturated carbocycles. The summed E-state index contributed by atoms with van der Waals surface area (Å²) in [6.45, 7) is 5.81. The van der Waals surface area contributed by atoms with E-state index in [1.807, 2.05) is 12.1 Å². The number of fused-ring (bicyclic) bond motifs is 1. The number of nitrogens with zero attached hydrogens (tertiary/aromatic N) is 3. The lowest BCUT2D eigenvalue weighted by Crippen LogP contribution is -2.41. The van der Waals surface area contributed by atoms with E-state index in [2.05, 4.69) is 38.3 Å². The van der Waals surface area contributed by atoms with Crippen molar-refractivity contribution in [3.63, 3.8) is 0 Å². The van der Waals surface area contributed by atoms with Gasteiger partial charge in [0, 0.05) is 50.2 Å². The van der Waals surface area contributed by atoms with Crippen molar-refractivity contribution in [2.45, 2.75) is 6.42 Å². The third-order valence-corrected chi connectivity index (χ3v) is 4.99. The van der Waals surface area contributed by atoms with Crippen LogP contribution < -0.4 is 10.2 Å². The summed E-state index contributed by atoms with van der Waals surface area (Å²) in [7, 11) is 0. The van der Waals surface area contributed by atoms with Crippen LogP contribution in [0.15, 0.2) is 42.6 Å². The molecular formula is C20H24N4O2. The molecule has 6 nitrogen and oxygen atoms in total. The first-order valence-electron chi connectivity index (χ1n) is 9.21. The van der Waals surface area contributed by atoms with Crippen LogP contribution in [0, 0.1) is 0 Å². The monoisotopic (exact) mass is 352 g/mol. The Morgan fingerprint density at radius 1 is 1.15 bits per heavy atom. The second kappa shape index (κ2) is 7.85. The Kier molecular flexibility index (Phi) is 5.13. The molecule has 0 bridgehead atoms. The SMILES string of the molecule is O=C(NCCN1CCOCC1)c1ccnc(N2CCc3ccccc32)c1. The molecule has 1 saturated heterocycles. The van der Waals surface area contributed by atoms with Crippen LogP contribution in [0.5, 0.6) is 0 Å². The van der Waals surface area contributed by atoms with Crippen LogP contribution in [0.4, 0.5) is 11.5 Å². The van der Waals surface area contributed by atoms with E-state index in [-0.39, 0.29) is 5.91 Å². The Morgan fingerprint density at radius 2 is 2.00 bits per heavy atom. The summed E-state index contributed by atoms with van der Waals surface area (Å²) in [5, 5.41) is 3.02. The Bertz CT molecular complexity index is 774. The number of carbonyl (C=O) groups is 1. The van der Waals surface area contributed by atoms with Gasteiger partial charge in [0.2, 0.25) is 0 Å². The van der Waals surface area contributed by atoms with Gasteiger partial charge in [-0.05, 0) is 30.2 Å². The fourth-order valence-electron chi connectivity index (χ4n) is 3.54. The van der Waals surface area contributed by atoms with Crippen molar-refractivity contribution in [2.24, 2.45) is 0 Å². The highest BCUT2D eigenvalue weighted by Gasteiger charge is 2.21. The molecule has 136 valence electrons.